The smallest absolute Gasteiger partial charge is 0.316 e. The Morgan fingerprint density at radius 3 is 2.34 bits per heavy atom. The van der Waals surface area contributed by atoms with E-state index >= 15 is 0 Å². The summed E-state index contributed by atoms with van der Waals surface area (Å²) in [6.07, 6.45) is 5.00. The normalized spacial score (nSPS) is 19.8. The Labute approximate surface area is 175 Å². The van der Waals surface area contributed by atoms with Gasteiger partial charge in [0.1, 0.15) is 11.6 Å². The molecule has 2 unspecified atom stereocenters. The van der Waals surface area contributed by atoms with Gasteiger partial charge < -0.3 is 14.7 Å². The first-order valence-electron chi connectivity index (χ1n) is 10.7. The van der Waals surface area contributed by atoms with Gasteiger partial charge in [-0.3, -0.25) is 4.79 Å². The molecule has 1 N–H and O–H groups in total. The molecule has 164 valence electrons. The quantitative estimate of drug-likeness (QED) is 0.503. The molecular formula is C24H38FNO3. The number of ether oxygens (including phenoxy) is 1. The fourth-order valence-corrected chi connectivity index (χ4v) is 4.45. The van der Waals surface area contributed by atoms with Crippen molar-refractivity contribution in [3.05, 3.63) is 29.6 Å². The van der Waals surface area contributed by atoms with E-state index in [1.807, 2.05) is 25.9 Å². The maximum absolute atomic E-state index is 14.5. The molecule has 4 nitrogen and oxygen atoms in total. The van der Waals surface area contributed by atoms with Gasteiger partial charge in [0.25, 0.3) is 0 Å². The second-order valence-corrected chi connectivity index (χ2v) is 10.6. The third kappa shape index (κ3) is 6.02. The van der Waals surface area contributed by atoms with E-state index in [1.54, 1.807) is 26.8 Å². The van der Waals surface area contributed by atoms with Gasteiger partial charge in [0.05, 0.1) is 11.0 Å². The van der Waals surface area contributed by atoms with Crippen molar-refractivity contribution in [1.82, 2.24) is 4.90 Å². The molecule has 0 aromatic heterocycles. The van der Waals surface area contributed by atoms with Crippen LogP contribution < -0.4 is 4.74 Å². The van der Waals surface area contributed by atoms with Crippen LogP contribution in [0.3, 0.4) is 0 Å². The summed E-state index contributed by atoms with van der Waals surface area (Å²) in [5.41, 5.74) is -1.41. The summed E-state index contributed by atoms with van der Waals surface area (Å²) in [4.78, 5) is 14.3. The zero-order valence-electron chi connectivity index (χ0n) is 19.1. The van der Waals surface area contributed by atoms with Gasteiger partial charge in [-0.25, -0.2) is 4.39 Å². The van der Waals surface area contributed by atoms with Crippen molar-refractivity contribution in [2.24, 2.45) is 16.7 Å². The molecule has 1 fully saturated rings. The minimum Gasteiger partial charge on any atom is -0.426 e. The Kier molecular flexibility index (Phi) is 7.17. The van der Waals surface area contributed by atoms with Gasteiger partial charge in [-0.15, -0.1) is 0 Å². The number of esters is 1. The Bertz CT molecular complexity index is 719. The highest BCUT2D eigenvalue weighted by atomic mass is 19.1. The molecule has 1 aliphatic carbocycles. The lowest BCUT2D eigenvalue weighted by Gasteiger charge is -2.42. The van der Waals surface area contributed by atoms with Crippen molar-refractivity contribution >= 4 is 5.97 Å². The molecule has 0 saturated heterocycles. The number of carbonyl (C=O) groups excluding carboxylic acids is 1. The number of hydrogen-bond acceptors (Lipinski definition) is 4. The van der Waals surface area contributed by atoms with Crippen molar-refractivity contribution in [1.29, 1.82) is 0 Å². The van der Waals surface area contributed by atoms with Crippen LogP contribution in [0.1, 0.15) is 72.3 Å². The summed E-state index contributed by atoms with van der Waals surface area (Å²) in [5, 5.41) is 11.9. The molecule has 1 aromatic carbocycles. The lowest BCUT2D eigenvalue weighted by atomic mass is 9.69. The second-order valence-electron chi connectivity index (χ2n) is 10.6. The van der Waals surface area contributed by atoms with Crippen LogP contribution in [-0.2, 0) is 10.4 Å². The molecule has 0 aliphatic heterocycles. The van der Waals surface area contributed by atoms with Crippen molar-refractivity contribution in [3.63, 3.8) is 0 Å². The molecule has 2 rings (SSSR count). The van der Waals surface area contributed by atoms with Crippen LogP contribution in [0.25, 0.3) is 0 Å². The van der Waals surface area contributed by atoms with E-state index in [2.05, 4.69) is 6.92 Å². The fourth-order valence-electron chi connectivity index (χ4n) is 4.45. The van der Waals surface area contributed by atoms with E-state index in [9.17, 15) is 14.3 Å². The highest BCUT2D eigenvalue weighted by Crippen LogP contribution is 2.49. The minimum atomic E-state index is -1.21. The largest absolute Gasteiger partial charge is 0.426 e. The topological polar surface area (TPSA) is 49.8 Å². The molecule has 0 spiro atoms. The SMILES string of the molecule is CC(CN(C)C)C(O)(CC1(C)CCCC1)c1cc(F)cc(OC(=O)C(C)(C)C)c1. The summed E-state index contributed by atoms with van der Waals surface area (Å²) in [6.45, 7) is 10.2. The van der Waals surface area contributed by atoms with Crippen LogP contribution in [0, 0.1) is 22.6 Å². The molecule has 0 heterocycles. The summed E-state index contributed by atoms with van der Waals surface area (Å²) < 4.78 is 20.0. The van der Waals surface area contributed by atoms with Crippen molar-refractivity contribution < 1.29 is 19.0 Å². The molecule has 0 amide bonds. The van der Waals surface area contributed by atoms with Gasteiger partial charge in [0.2, 0.25) is 0 Å². The predicted molar refractivity (Wildman–Crippen MR) is 114 cm³/mol. The predicted octanol–water partition coefficient (Wildman–Crippen LogP) is 5.13. The molecule has 5 heteroatoms. The van der Waals surface area contributed by atoms with Crippen LogP contribution in [0.15, 0.2) is 18.2 Å². The number of benzene rings is 1. The zero-order valence-corrected chi connectivity index (χ0v) is 19.1. The third-order valence-corrected chi connectivity index (χ3v) is 6.16. The molecule has 0 bridgehead atoms. The van der Waals surface area contributed by atoms with Crippen LogP contribution >= 0.6 is 0 Å². The van der Waals surface area contributed by atoms with E-state index in [4.69, 9.17) is 4.74 Å². The lowest BCUT2D eigenvalue weighted by molar-refractivity contribution is -0.143. The minimum absolute atomic E-state index is 0.0177. The molecule has 2 atom stereocenters. The van der Waals surface area contributed by atoms with E-state index in [0.29, 0.717) is 18.5 Å². The zero-order chi connectivity index (χ0) is 22.0. The van der Waals surface area contributed by atoms with E-state index in [1.165, 1.54) is 12.1 Å². The number of nitrogens with zero attached hydrogens (tertiary/aromatic N) is 1. The van der Waals surface area contributed by atoms with Gasteiger partial charge in [-0.1, -0.05) is 26.7 Å². The van der Waals surface area contributed by atoms with Crippen LogP contribution in [0.2, 0.25) is 0 Å². The Hall–Kier alpha value is -1.46. The number of hydrogen-bond donors (Lipinski definition) is 1. The van der Waals surface area contributed by atoms with Crippen molar-refractivity contribution in [2.45, 2.75) is 72.3 Å². The van der Waals surface area contributed by atoms with E-state index in [-0.39, 0.29) is 17.1 Å². The Morgan fingerprint density at radius 1 is 1.24 bits per heavy atom. The van der Waals surface area contributed by atoms with Gasteiger partial charge >= 0.3 is 5.97 Å². The van der Waals surface area contributed by atoms with Gasteiger partial charge in [-0.05, 0) is 77.2 Å². The van der Waals surface area contributed by atoms with Crippen LogP contribution in [0.5, 0.6) is 5.75 Å². The molecular weight excluding hydrogens is 369 g/mol. The maximum Gasteiger partial charge on any atom is 0.316 e. The Morgan fingerprint density at radius 2 is 1.83 bits per heavy atom. The van der Waals surface area contributed by atoms with E-state index < -0.39 is 22.8 Å². The highest BCUT2D eigenvalue weighted by molar-refractivity contribution is 5.77. The average molecular weight is 408 g/mol. The second kappa shape index (κ2) is 8.73. The number of carbonyl (C=O) groups is 1. The van der Waals surface area contributed by atoms with Crippen molar-refractivity contribution in [2.75, 3.05) is 20.6 Å². The standard InChI is InChI=1S/C24H38FNO3/c1-17(15-26(6)7)24(28,16-23(5)10-8-9-11-23)18-12-19(25)14-20(13-18)29-21(27)22(2,3)4/h12-14,17,28H,8-11,15-16H2,1-7H3. The first-order valence-corrected chi connectivity index (χ1v) is 10.7. The maximum atomic E-state index is 14.5. The summed E-state index contributed by atoms with van der Waals surface area (Å²) >= 11 is 0. The lowest BCUT2D eigenvalue weighted by Crippen LogP contribution is -2.42. The van der Waals surface area contributed by atoms with E-state index in [0.717, 1.165) is 25.7 Å². The number of rotatable bonds is 7. The summed E-state index contributed by atoms with van der Waals surface area (Å²) in [7, 11) is 3.94. The monoisotopic (exact) mass is 407 g/mol. The van der Waals surface area contributed by atoms with Gasteiger partial charge in [0, 0.05) is 18.5 Å². The average Bonchev–Trinajstić information content (AvgIpc) is 2.98. The molecule has 1 aromatic rings. The Balaban J connectivity index is 2.45. The van der Waals surface area contributed by atoms with Crippen molar-refractivity contribution in [3.8, 4) is 5.75 Å². The van der Waals surface area contributed by atoms with Gasteiger partial charge in [0.15, 0.2) is 0 Å². The first-order chi connectivity index (χ1) is 13.2. The first kappa shape index (κ1) is 23.8. The van der Waals surface area contributed by atoms with Crippen LogP contribution in [0.4, 0.5) is 4.39 Å². The molecule has 29 heavy (non-hydrogen) atoms. The summed E-state index contributed by atoms with van der Waals surface area (Å²) in [5.74, 6) is -0.914. The van der Waals surface area contributed by atoms with Crippen LogP contribution in [-0.4, -0.2) is 36.6 Å². The highest BCUT2D eigenvalue weighted by Gasteiger charge is 2.44. The molecule has 1 saturated carbocycles. The summed E-state index contributed by atoms with van der Waals surface area (Å²) in [6, 6.07) is 4.23. The third-order valence-electron chi connectivity index (χ3n) is 6.16. The number of halogens is 1. The van der Waals surface area contributed by atoms with Gasteiger partial charge in [-0.2, -0.15) is 0 Å². The number of aliphatic hydroxyl groups is 1. The molecule has 0 radical (unpaired) electrons. The molecule has 1 aliphatic rings. The fraction of sp³-hybridized carbons (Fsp3) is 0.708.